The van der Waals surface area contributed by atoms with E-state index in [0.717, 1.165) is 103 Å². The third-order valence-corrected chi connectivity index (χ3v) is 13.7. The molecule has 0 aromatic carbocycles. The van der Waals surface area contributed by atoms with Crippen LogP contribution in [0.2, 0.25) is 0 Å². The van der Waals surface area contributed by atoms with Gasteiger partial charge in [0.1, 0.15) is 24.4 Å². The maximum Gasteiger partial charge on any atom is 0.305 e. The van der Waals surface area contributed by atoms with Crippen LogP contribution in [0.3, 0.4) is 0 Å². The van der Waals surface area contributed by atoms with Crippen LogP contribution in [-0.2, 0) is 23.8 Å². The van der Waals surface area contributed by atoms with Crippen molar-refractivity contribution in [3.63, 3.8) is 0 Å². The van der Waals surface area contributed by atoms with Crippen molar-refractivity contribution >= 4 is 11.9 Å². The van der Waals surface area contributed by atoms with Gasteiger partial charge in [-0.2, -0.15) is 0 Å². The molecule has 1 aliphatic rings. The van der Waals surface area contributed by atoms with E-state index in [2.05, 4.69) is 92.1 Å². The normalized spacial score (nSPS) is 19.4. The average Bonchev–Trinajstić information content (AvgIpc) is 3.41. The highest BCUT2D eigenvalue weighted by molar-refractivity contribution is 5.76. The van der Waals surface area contributed by atoms with Gasteiger partial charge in [0.25, 0.3) is 0 Å². The van der Waals surface area contributed by atoms with Crippen molar-refractivity contribution in [3.05, 3.63) is 85.1 Å². The molecule has 1 amide bonds. The minimum Gasteiger partial charge on any atom is -0.465 e. The Labute approximate surface area is 457 Å². The second kappa shape index (κ2) is 52.9. The number of unbranched alkanes of at least 4 members (excludes halogenated alkanes) is 25. The molecule has 1 aliphatic heterocycles. The third-order valence-electron chi connectivity index (χ3n) is 13.7. The van der Waals surface area contributed by atoms with Crippen molar-refractivity contribution < 1.29 is 49.3 Å². The molecule has 11 nitrogen and oxygen atoms in total. The van der Waals surface area contributed by atoms with E-state index < -0.39 is 49.5 Å². The minimum atomic E-state index is -1.58. The minimum absolute atomic E-state index is 0.0641. The highest BCUT2D eigenvalue weighted by atomic mass is 16.7. The number of carbonyl (C=O) groups excluding carboxylic acids is 2. The molecule has 75 heavy (non-hydrogen) atoms. The average molecular weight is 1050 g/mol. The number of allylic oxidation sites excluding steroid dienone is 12. The summed E-state index contributed by atoms with van der Waals surface area (Å²) in [4.78, 5) is 25.0. The number of hydrogen-bond donors (Lipinski definition) is 6. The van der Waals surface area contributed by atoms with Crippen LogP contribution >= 0.6 is 0 Å². The third kappa shape index (κ3) is 42.5. The molecule has 7 atom stereocenters. The van der Waals surface area contributed by atoms with Crippen LogP contribution in [0.5, 0.6) is 0 Å². The Morgan fingerprint density at radius 1 is 0.507 bits per heavy atom. The van der Waals surface area contributed by atoms with E-state index in [-0.39, 0.29) is 18.5 Å². The van der Waals surface area contributed by atoms with Gasteiger partial charge in [-0.3, -0.25) is 9.59 Å². The first-order valence-electron chi connectivity index (χ1n) is 30.4. The van der Waals surface area contributed by atoms with Crippen molar-refractivity contribution in [2.24, 2.45) is 0 Å². The molecule has 0 bridgehead atoms. The summed E-state index contributed by atoms with van der Waals surface area (Å²) in [5, 5.41) is 54.2. The quantitative estimate of drug-likeness (QED) is 0.0195. The molecule has 432 valence electrons. The molecule has 1 fully saturated rings. The Hall–Kier alpha value is -3.16. The first kappa shape index (κ1) is 69.9. The van der Waals surface area contributed by atoms with E-state index in [1.807, 2.05) is 6.08 Å². The van der Waals surface area contributed by atoms with E-state index in [1.54, 1.807) is 6.08 Å². The lowest BCUT2D eigenvalue weighted by atomic mass is 9.99. The standard InChI is InChI=1S/C64H111NO10/c1-3-5-7-9-11-13-15-16-17-26-29-32-36-40-44-48-52-60(69)73-53-49-45-41-37-33-30-27-24-22-20-18-19-21-23-25-28-31-35-39-43-47-51-59(68)65-56(55-74-64-63(72)62(71)61(70)58(54-66)75-64)57(67)50-46-42-38-34-14-12-10-8-6-4-2/h6,8,13-15,17,26,30,33-34,41,45-46,50,56-58,61-64,66-67,70-72H,3-5,7,9-12,16,18-25,27-29,31-32,35-40,42-44,47-49,51-55H2,1-2H3,(H,65,68)/b8-6+,15-13-,26-17-,33-30-,34-14+,45-41-,50-46+. The summed E-state index contributed by atoms with van der Waals surface area (Å²) in [5.74, 6) is -0.270. The van der Waals surface area contributed by atoms with Crippen molar-refractivity contribution in [3.8, 4) is 0 Å². The van der Waals surface area contributed by atoms with Gasteiger partial charge >= 0.3 is 5.97 Å². The fourth-order valence-electron chi connectivity index (χ4n) is 8.93. The van der Waals surface area contributed by atoms with E-state index in [0.29, 0.717) is 19.4 Å². The Bertz CT molecular complexity index is 1520. The number of ether oxygens (including phenoxy) is 3. The van der Waals surface area contributed by atoms with E-state index >= 15 is 0 Å². The van der Waals surface area contributed by atoms with Gasteiger partial charge in [0, 0.05) is 12.8 Å². The summed E-state index contributed by atoms with van der Waals surface area (Å²) in [5.41, 5.74) is 0. The van der Waals surface area contributed by atoms with Crippen LogP contribution in [-0.4, -0.2) is 100 Å². The predicted octanol–water partition coefficient (Wildman–Crippen LogP) is 14.2. The summed E-state index contributed by atoms with van der Waals surface area (Å²) in [6, 6.07) is -0.840. The summed E-state index contributed by atoms with van der Waals surface area (Å²) < 4.78 is 16.6. The number of aliphatic hydroxyl groups excluding tert-OH is 5. The molecule has 0 aromatic heterocycles. The summed E-state index contributed by atoms with van der Waals surface area (Å²) in [6.45, 7) is 4.05. The second-order valence-electron chi connectivity index (χ2n) is 20.6. The maximum atomic E-state index is 13.0. The zero-order valence-corrected chi connectivity index (χ0v) is 47.5. The fourth-order valence-corrected chi connectivity index (χ4v) is 8.93. The zero-order chi connectivity index (χ0) is 54.5. The topological polar surface area (TPSA) is 175 Å². The van der Waals surface area contributed by atoms with E-state index in [4.69, 9.17) is 14.2 Å². The SMILES string of the molecule is CC/C=C/CC/C=C/CC/C=C/C(O)C(COC1OC(CO)C(O)C(O)C1O)NC(=O)CCCCCCCCCCCCCCCC/C=C\C/C=C\CCOC(=O)CCCCCCC/C=C\C/C=C\CCCCCC. The van der Waals surface area contributed by atoms with Crippen molar-refractivity contribution in [1.82, 2.24) is 5.32 Å². The van der Waals surface area contributed by atoms with Gasteiger partial charge in [-0.1, -0.05) is 214 Å². The molecule has 7 unspecified atom stereocenters. The number of nitrogens with one attached hydrogen (secondary N) is 1. The van der Waals surface area contributed by atoms with Gasteiger partial charge in [-0.05, 0) is 103 Å². The van der Waals surface area contributed by atoms with Crippen LogP contribution < -0.4 is 5.32 Å². The Morgan fingerprint density at radius 3 is 1.45 bits per heavy atom. The molecular formula is C64H111NO10. The molecule has 0 saturated carbocycles. The lowest BCUT2D eigenvalue weighted by Gasteiger charge is -2.40. The summed E-state index contributed by atoms with van der Waals surface area (Å²) in [6.07, 6.45) is 61.4. The van der Waals surface area contributed by atoms with Gasteiger partial charge in [0.15, 0.2) is 6.29 Å². The van der Waals surface area contributed by atoms with Gasteiger partial charge in [-0.15, -0.1) is 0 Å². The first-order chi connectivity index (χ1) is 36.7. The number of hydrogen-bond acceptors (Lipinski definition) is 10. The van der Waals surface area contributed by atoms with Gasteiger partial charge in [0.2, 0.25) is 5.91 Å². The molecule has 0 aromatic rings. The Morgan fingerprint density at radius 2 is 0.947 bits per heavy atom. The van der Waals surface area contributed by atoms with Crippen molar-refractivity contribution in [2.45, 2.75) is 288 Å². The molecular weight excluding hydrogens is 943 g/mol. The Kier molecular flexibility index (Phi) is 49.2. The largest absolute Gasteiger partial charge is 0.465 e. The number of carbonyl (C=O) groups is 2. The molecule has 11 heteroatoms. The smallest absolute Gasteiger partial charge is 0.305 e. The summed E-state index contributed by atoms with van der Waals surface area (Å²) in [7, 11) is 0. The maximum absolute atomic E-state index is 13.0. The highest BCUT2D eigenvalue weighted by Gasteiger charge is 2.44. The highest BCUT2D eigenvalue weighted by Crippen LogP contribution is 2.23. The van der Waals surface area contributed by atoms with Crippen molar-refractivity contribution in [2.75, 3.05) is 19.8 Å². The summed E-state index contributed by atoms with van der Waals surface area (Å²) >= 11 is 0. The van der Waals surface area contributed by atoms with Gasteiger partial charge in [0.05, 0.1) is 32.0 Å². The number of amides is 1. The van der Waals surface area contributed by atoms with Crippen LogP contribution in [0.25, 0.3) is 0 Å². The van der Waals surface area contributed by atoms with E-state index in [9.17, 15) is 35.1 Å². The fraction of sp³-hybridized carbons (Fsp3) is 0.750. The molecule has 1 heterocycles. The number of rotatable bonds is 51. The number of esters is 1. The van der Waals surface area contributed by atoms with Crippen LogP contribution in [0, 0.1) is 0 Å². The molecule has 6 N–H and O–H groups in total. The molecule has 0 aliphatic carbocycles. The van der Waals surface area contributed by atoms with Crippen LogP contribution in [0.4, 0.5) is 0 Å². The first-order valence-corrected chi connectivity index (χ1v) is 30.4. The van der Waals surface area contributed by atoms with Crippen LogP contribution in [0.15, 0.2) is 85.1 Å². The second-order valence-corrected chi connectivity index (χ2v) is 20.6. The Balaban J connectivity index is 2.05. The van der Waals surface area contributed by atoms with Crippen molar-refractivity contribution in [1.29, 1.82) is 0 Å². The molecule has 0 spiro atoms. The van der Waals surface area contributed by atoms with Crippen LogP contribution in [0.1, 0.15) is 245 Å². The van der Waals surface area contributed by atoms with Gasteiger partial charge in [-0.25, -0.2) is 0 Å². The lowest BCUT2D eigenvalue weighted by Crippen LogP contribution is -2.60. The molecule has 1 rings (SSSR count). The number of aliphatic hydroxyl groups is 5. The van der Waals surface area contributed by atoms with E-state index in [1.165, 1.54) is 116 Å². The monoisotopic (exact) mass is 1050 g/mol. The molecule has 0 radical (unpaired) electrons. The predicted molar refractivity (Wildman–Crippen MR) is 310 cm³/mol. The lowest BCUT2D eigenvalue weighted by molar-refractivity contribution is -0.302. The molecule has 1 saturated heterocycles. The van der Waals surface area contributed by atoms with Gasteiger partial charge < -0.3 is 45.1 Å². The zero-order valence-electron chi connectivity index (χ0n) is 47.5.